The third-order valence-electron chi connectivity index (χ3n) is 2.17. The molecule has 2 rings (SSSR count). The first kappa shape index (κ1) is 6.65. The van der Waals surface area contributed by atoms with E-state index < -0.39 is 0 Å². The SMILES string of the molecule is Cc1cc2c([nH]1)CCC(=O)C2. The van der Waals surface area contributed by atoms with Crippen molar-refractivity contribution in [3.63, 3.8) is 0 Å². The number of carbonyl (C=O) groups excluding carboxylic acids is 1. The quantitative estimate of drug-likeness (QED) is 0.594. The largest absolute Gasteiger partial charge is 0.362 e. The molecule has 1 aromatic rings. The Bertz CT molecular complexity index is 299. The molecule has 2 heteroatoms. The van der Waals surface area contributed by atoms with Crippen molar-refractivity contribution in [1.82, 2.24) is 4.98 Å². The topological polar surface area (TPSA) is 32.9 Å². The minimum atomic E-state index is 0.372. The number of fused-ring (bicyclic) bond motifs is 1. The summed E-state index contributed by atoms with van der Waals surface area (Å²) in [6.45, 7) is 2.03. The van der Waals surface area contributed by atoms with E-state index in [9.17, 15) is 4.79 Å². The van der Waals surface area contributed by atoms with Crippen LogP contribution in [-0.2, 0) is 17.6 Å². The van der Waals surface area contributed by atoms with Gasteiger partial charge in [-0.25, -0.2) is 0 Å². The van der Waals surface area contributed by atoms with Crippen molar-refractivity contribution in [3.8, 4) is 0 Å². The fourth-order valence-corrected chi connectivity index (χ4v) is 1.65. The zero-order valence-electron chi connectivity index (χ0n) is 6.61. The highest BCUT2D eigenvalue weighted by Gasteiger charge is 2.16. The van der Waals surface area contributed by atoms with Crippen molar-refractivity contribution in [2.24, 2.45) is 0 Å². The normalized spacial score (nSPS) is 16.6. The number of Topliss-reactive ketones (excluding diaryl/α,β-unsaturated/α-hetero) is 1. The zero-order chi connectivity index (χ0) is 7.84. The van der Waals surface area contributed by atoms with Gasteiger partial charge in [0.15, 0.2) is 0 Å². The predicted octanol–water partition coefficient (Wildman–Crippen LogP) is 1.38. The highest BCUT2D eigenvalue weighted by Crippen LogP contribution is 2.18. The average molecular weight is 149 g/mol. The molecular weight excluding hydrogens is 138 g/mol. The van der Waals surface area contributed by atoms with Crippen LogP contribution in [-0.4, -0.2) is 10.8 Å². The number of H-pyrrole nitrogens is 1. The minimum Gasteiger partial charge on any atom is -0.362 e. The molecule has 1 N–H and O–H groups in total. The number of nitrogens with one attached hydrogen (secondary N) is 1. The Morgan fingerprint density at radius 2 is 2.27 bits per heavy atom. The fourth-order valence-electron chi connectivity index (χ4n) is 1.65. The monoisotopic (exact) mass is 149 g/mol. The molecule has 0 radical (unpaired) electrons. The molecule has 1 aliphatic carbocycles. The highest BCUT2D eigenvalue weighted by molar-refractivity contribution is 5.83. The number of ketones is 1. The van der Waals surface area contributed by atoms with E-state index in [1.807, 2.05) is 6.92 Å². The van der Waals surface area contributed by atoms with Crippen LogP contribution in [0.5, 0.6) is 0 Å². The maximum absolute atomic E-state index is 11.0. The van der Waals surface area contributed by atoms with E-state index in [0.29, 0.717) is 18.6 Å². The maximum Gasteiger partial charge on any atom is 0.137 e. The Balaban J connectivity index is 2.41. The summed E-state index contributed by atoms with van der Waals surface area (Å²) in [6.07, 6.45) is 2.26. The van der Waals surface area contributed by atoms with Crippen LogP contribution in [0.4, 0.5) is 0 Å². The van der Waals surface area contributed by atoms with Crippen molar-refractivity contribution >= 4 is 5.78 Å². The lowest BCUT2D eigenvalue weighted by Crippen LogP contribution is -2.11. The number of aryl methyl sites for hydroxylation is 2. The van der Waals surface area contributed by atoms with E-state index in [1.165, 1.54) is 17.0 Å². The molecule has 11 heavy (non-hydrogen) atoms. The van der Waals surface area contributed by atoms with Crippen LogP contribution in [0.3, 0.4) is 0 Å². The summed E-state index contributed by atoms with van der Waals surface area (Å²) < 4.78 is 0. The van der Waals surface area contributed by atoms with Gasteiger partial charge in [-0.1, -0.05) is 0 Å². The Hall–Kier alpha value is -1.05. The van der Waals surface area contributed by atoms with Gasteiger partial charge in [-0.3, -0.25) is 4.79 Å². The number of hydrogen-bond acceptors (Lipinski definition) is 1. The van der Waals surface area contributed by atoms with Crippen LogP contribution in [0.1, 0.15) is 23.4 Å². The van der Waals surface area contributed by atoms with E-state index in [2.05, 4.69) is 11.1 Å². The first-order chi connectivity index (χ1) is 5.25. The molecule has 1 aromatic heterocycles. The summed E-state index contributed by atoms with van der Waals surface area (Å²) in [5, 5.41) is 0. The number of aromatic amines is 1. The fraction of sp³-hybridized carbons (Fsp3) is 0.444. The maximum atomic E-state index is 11.0. The minimum absolute atomic E-state index is 0.372. The molecule has 1 aliphatic rings. The molecule has 0 fully saturated rings. The summed E-state index contributed by atoms with van der Waals surface area (Å²) in [5.41, 5.74) is 3.64. The second-order valence-electron chi connectivity index (χ2n) is 3.17. The van der Waals surface area contributed by atoms with Crippen LogP contribution in [0.25, 0.3) is 0 Å². The van der Waals surface area contributed by atoms with E-state index in [4.69, 9.17) is 0 Å². The van der Waals surface area contributed by atoms with E-state index in [1.54, 1.807) is 0 Å². The Morgan fingerprint density at radius 3 is 3.09 bits per heavy atom. The molecular formula is C9H11NO. The van der Waals surface area contributed by atoms with Crippen LogP contribution in [0, 0.1) is 6.92 Å². The number of rotatable bonds is 0. The van der Waals surface area contributed by atoms with E-state index in [0.717, 1.165) is 6.42 Å². The van der Waals surface area contributed by atoms with Gasteiger partial charge in [-0.15, -0.1) is 0 Å². The summed E-state index contributed by atoms with van der Waals surface area (Å²) in [6, 6.07) is 2.08. The van der Waals surface area contributed by atoms with Crippen molar-refractivity contribution < 1.29 is 4.79 Å². The molecule has 58 valence electrons. The molecule has 2 nitrogen and oxygen atoms in total. The molecule has 1 heterocycles. The lowest BCUT2D eigenvalue weighted by atomic mass is 9.97. The van der Waals surface area contributed by atoms with Crippen molar-refractivity contribution in [1.29, 1.82) is 0 Å². The first-order valence-corrected chi connectivity index (χ1v) is 3.95. The van der Waals surface area contributed by atoms with Gasteiger partial charge in [0.2, 0.25) is 0 Å². The second-order valence-corrected chi connectivity index (χ2v) is 3.17. The van der Waals surface area contributed by atoms with Crippen molar-refractivity contribution in [3.05, 3.63) is 23.0 Å². The average Bonchev–Trinajstić information content (AvgIpc) is 2.27. The van der Waals surface area contributed by atoms with Crippen molar-refractivity contribution in [2.75, 3.05) is 0 Å². The van der Waals surface area contributed by atoms with Gasteiger partial charge in [0, 0.05) is 24.2 Å². The molecule has 0 spiro atoms. The molecule has 0 atom stereocenters. The van der Waals surface area contributed by atoms with Gasteiger partial charge < -0.3 is 4.98 Å². The smallest absolute Gasteiger partial charge is 0.137 e. The van der Waals surface area contributed by atoms with Gasteiger partial charge in [0.1, 0.15) is 5.78 Å². The van der Waals surface area contributed by atoms with Crippen LogP contribution >= 0.6 is 0 Å². The first-order valence-electron chi connectivity index (χ1n) is 3.95. The lowest BCUT2D eigenvalue weighted by Gasteiger charge is -2.08. The Morgan fingerprint density at radius 1 is 1.45 bits per heavy atom. The van der Waals surface area contributed by atoms with Gasteiger partial charge in [0.05, 0.1) is 0 Å². The number of carbonyl (C=O) groups is 1. The molecule has 0 saturated carbocycles. The molecule has 0 saturated heterocycles. The van der Waals surface area contributed by atoms with Crippen LogP contribution in [0.2, 0.25) is 0 Å². The predicted molar refractivity (Wildman–Crippen MR) is 42.6 cm³/mol. The van der Waals surface area contributed by atoms with Gasteiger partial charge in [-0.2, -0.15) is 0 Å². The lowest BCUT2D eigenvalue weighted by molar-refractivity contribution is -0.118. The zero-order valence-corrected chi connectivity index (χ0v) is 6.61. The van der Waals surface area contributed by atoms with E-state index >= 15 is 0 Å². The number of aromatic nitrogens is 1. The molecule has 0 aliphatic heterocycles. The number of hydrogen-bond donors (Lipinski definition) is 1. The van der Waals surface area contributed by atoms with E-state index in [-0.39, 0.29) is 0 Å². The van der Waals surface area contributed by atoms with Crippen LogP contribution < -0.4 is 0 Å². The standard InChI is InChI=1S/C9H11NO/c1-6-4-7-5-8(11)2-3-9(7)10-6/h4,10H,2-3,5H2,1H3. The highest BCUT2D eigenvalue weighted by atomic mass is 16.1. The summed E-state index contributed by atoms with van der Waals surface area (Å²) >= 11 is 0. The summed E-state index contributed by atoms with van der Waals surface area (Å²) in [7, 11) is 0. The second kappa shape index (κ2) is 2.22. The molecule has 0 amide bonds. The summed E-state index contributed by atoms with van der Waals surface area (Å²) in [5.74, 6) is 0.372. The Labute approximate surface area is 65.6 Å². The van der Waals surface area contributed by atoms with Crippen LogP contribution in [0.15, 0.2) is 6.07 Å². The Kier molecular flexibility index (Phi) is 1.34. The third kappa shape index (κ3) is 1.09. The molecule has 0 bridgehead atoms. The van der Waals surface area contributed by atoms with Gasteiger partial charge in [-0.05, 0) is 25.0 Å². The summed E-state index contributed by atoms with van der Waals surface area (Å²) in [4.78, 5) is 14.3. The van der Waals surface area contributed by atoms with Gasteiger partial charge >= 0.3 is 0 Å². The van der Waals surface area contributed by atoms with Gasteiger partial charge in [0.25, 0.3) is 0 Å². The van der Waals surface area contributed by atoms with Crippen molar-refractivity contribution in [2.45, 2.75) is 26.2 Å². The molecule has 0 aromatic carbocycles. The third-order valence-corrected chi connectivity index (χ3v) is 2.17. The molecule has 0 unspecified atom stereocenters.